The third-order valence-corrected chi connectivity index (χ3v) is 4.14. The predicted molar refractivity (Wildman–Crippen MR) is 74.2 cm³/mol. The number of halogens is 2. The van der Waals surface area contributed by atoms with Crippen LogP contribution in [0.2, 0.25) is 0 Å². The Morgan fingerprint density at radius 2 is 2.28 bits per heavy atom. The van der Waals surface area contributed by atoms with Crippen LogP contribution in [0, 0.1) is 5.82 Å². The topological polar surface area (TPSA) is 36.4 Å². The quantitative estimate of drug-likeness (QED) is 0.935. The summed E-state index contributed by atoms with van der Waals surface area (Å²) in [5, 5.41) is 11.2. The maximum Gasteiger partial charge on any atom is 0.142 e. The fourth-order valence-electron chi connectivity index (χ4n) is 1.68. The zero-order valence-corrected chi connectivity index (χ0v) is 12.1. The Balaban J connectivity index is 2.20. The average molecular weight is 331 g/mol. The molecule has 6 heteroatoms. The zero-order chi connectivity index (χ0) is 13.1. The van der Waals surface area contributed by atoms with Crippen LogP contribution in [-0.2, 0) is 13.2 Å². The summed E-state index contributed by atoms with van der Waals surface area (Å²) in [6.07, 6.45) is 1.16. The molecule has 0 fully saturated rings. The van der Waals surface area contributed by atoms with Gasteiger partial charge in [-0.2, -0.15) is 0 Å². The van der Waals surface area contributed by atoms with Crippen LogP contribution < -0.4 is 4.90 Å². The number of thiophene rings is 1. The Hall–Kier alpha value is -0.980. The van der Waals surface area contributed by atoms with Crippen molar-refractivity contribution in [3.63, 3.8) is 0 Å². The summed E-state index contributed by atoms with van der Waals surface area (Å²) in [5.74, 6) is 0.165. The summed E-state index contributed by atoms with van der Waals surface area (Å²) >= 11 is 5.04. The van der Waals surface area contributed by atoms with E-state index in [0.29, 0.717) is 17.9 Å². The lowest BCUT2D eigenvalue weighted by Gasteiger charge is -2.19. The molecule has 2 rings (SSSR count). The van der Waals surface area contributed by atoms with Crippen LogP contribution in [0.15, 0.2) is 28.2 Å². The average Bonchev–Trinajstić information content (AvgIpc) is 2.74. The van der Waals surface area contributed by atoms with Crippen molar-refractivity contribution in [2.24, 2.45) is 0 Å². The summed E-state index contributed by atoms with van der Waals surface area (Å²) in [6.45, 7) is 0.445. The number of hydrogen-bond donors (Lipinski definition) is 1. The van der Waals surface area contributed by atoms with E-state index in [0.717, 1.165) is 10.7 Å². The van der Waals surface area contributed by atoms with E-state index in [2.05, 4.69) is 20.9 Å². The van der Waals surface area contributed by atoms with Gasteiger partial charge in [-0.1, -0.05) is 0 Å². The molecule has 0 aliphatic carbocycles. The minimum Gasteiger partial charge on any atom is -0.392 e. The highest BCUT2D eigenvalue weighted by molar-refractivity contribution is 9.10. The van der Waals surface area contributed by atoms with Gasteiger partial charge in [0.25, 0.3) is 0 Å². The van der Waals surface area contributed by atoms with Gasteiger partial charge in [0.2, 0.25) is 0 Å². The van der Waals surface area contributed by atoms with Gasteiger partial charge in [-0.25, -0.2) is 9.37 Å². The molecule has 0 aromatic carbocycles. The number of anilines is 1. The van der Waals surface area contributed by atoms with E-state index in [9.17, 15) is 9.50 Å². The molecule has 1 N–H and O–H groups in total. The summed E-state index contributed by atoms with van der Waals surface area (Å²) in [4.78, 5) is 7.09. The number of nitrogens with zero attached hydrogens (tertiary/aromatic N) is 2. The predicted octanol–water partition coefficient (Wildman–Crippen LogP) is 3.17. The van der Waals surface area contributed by atoms with Crippen molar-refractivity contribution in [2.45, 2.75) is 13.2 Å². The van der Waals surface area contributed by atoms with Crippen LogP contribution in [0.4, 0.5) is 10.2 Å². The standard InChI is InChI=1S/C12H12BrFN2OS/c1-16(5-11-3-9(13)7-18-11)12-8(6-17)2-10(14)4-15-12/h2-4,7,17H,5-6H2,1H3. The van der Waals surface area contributed by atoms with Crippen LogP contribution in [0.5, 0.6) is 0 Å². The van der Waals surface area contributed by atoms with Gasteiger partial charge in [0, 0.05) is 27.3 Å². The molecule has 0 aliphatic rings. The van der Waals surface area contributed by atoms with E-state index in [1.165, 1.54) is 10.9 Å². The van der Waals surface area contributed by atoms with Crippen LogP contribution in [-0.4, -0.2) is 17.1 Å². The molecule has 0 radical (unpaired) electrons. The first-order chi connectivity index (χ1) is 8.60. The van der Waals surface area contributed by atoms with Gasteiger partial charge in [-0.05, 0) is 28.1 Å². The van der Waals surface area contributed by atoms with Crippen LogP contribution in [0.25, 0.3) is 0 Å². The minimum atomic E-state index is -0.435. The highest BCUT2D eigenvalue weighted by Crippen LogP contribution is 2.24. The van der Waals surface area contributed by atoms with Gasteiger partial charge < -0.3 is 10.0 Å². The molecule has 3 nitrogen and oxygen atoms in total. The lowest BCUT2D eigenvalue weighted by Crippen LogP contribution is -2.19. The molecule has 0 unspecified atom stereocenters. The van der Waals surface area contributed by atoms with Crippen LogP contribution in [0.1, 0.15) is 10.4 Å². The van der Waals surface area contributed by atoms with Crippen LogP contribution >= 0.6 is 27.3 Å². The second-order valence-corrected chi connectivity index (χ2v) is 5.79. The zero-order valence-electron chi connectivity index (χ0n) is 9.73. The van der Waals surface area contributed by atoms with Crippen molar-refractivity contribution >= 4 is 33.1 Å². The van der Waals surface area contributed by atoms with E-state index >= 15 is 0 Å². The fourth-order valence-corrected chi connectivity index (χ4v) is 3.18. The SMILES string of the molecule is CN(Cc1cc(Br)cs1)c1ncc(F)cc1CO. The van der Waals surface area contributed by atoms with Gasteiger partial charge in [-0.15, -0.1) is 11.3 Å². The first-order valence-corrected chi connectivity index (χ1v) is 6.96. The second kappa shape index (κ2) is 5.77. The summed E-state index contributed by atoms with van der Waals surface area (Å²) in [5.41, 5.74) is 0.494. The number of aromatic nitrogens is 1. The maximum absolute atomic E-state index is 13.0. The molecule has 0 atom stereocenters. The monoisotopic (exact) mass is 330 g/mol. The first kappa shape index (κ1) is 13.5. The third kappa shape index (κ3) is 3.07. The van der Waals surface area contributed by atoms with E-state index in [1.54, 1.807) is 11.3 Å². The summed E-state index contributed by atoms with van der Waals surface area (Å²) < 4.78 is 14.1. The van der Waals surface area contributed by atoms with Crippen molar-refractivity contribution < 1.29 is 9.50 Å². The number of rotatable bonds is 4. The Bertz CT molecular complexity index is 547. The van der Waals surface area contributed by atoms with Crippen molar-refractivity contribution in [3.05, 3.63) is 44.4 Å². The molecular formula is C12H12BrFN2OS. The third-order valence-electron chi connectivity index (χ3n) is 2.46. The number of aliphatic hydroxyl groups is 1. The number of aliphatic hydroxyl groups excluding tert-OH is 1. The van der Waals surface area contributed by atoms with Crippen molar-refractivity contribution in [2.75, 3.05) is 11.9 Å². The molecule has 0 amide bonds. The Morgan fingerprint density at radius 1 is 1.50 bits per heavy atom. The second-order valence-electron chi connectivity index (χ2n) is 3.88. The van der Waals surface area contributed by atoms with Gasteiger partial charge >= 0.3 is 0 Å². The van der Waals surface area contributed by atoms with Gasteiger partial charge in [0.1, 0.15) is 11.6 Å². The van der Waals surface area contributed by atoms with Crippen LogP contribution in [0.3, 0.4) is 0 Å². The van der Waals surface area contributed by atoms with Gasteiger partial charge in [0.15, 0.2) is 0 Å². The lowest BCUT2D eigenvalue weighted by atomic mass is 10.2. The molecular weight excluding hydrogens is 319 g/mol. The Kier molecular flexibility index (Phi) is 4.31. The normalized spacial score (nSPS) is 10.7. The molecule has 0 saturated heterocycles. The maximum atomic E-state index is 13.0. The highest BCUT2D eigenvalue weighted by Gasteiger charge is 2.11. The first-order valence-electron chi connectivity index (χ1n) is 5.29. The molecule has 2 heterocycles. The smallest absolute Gasteiger partial charge is 0.142 e. The molecule has 0 saturated carbocycles. The number of hydrogen-bond acceptors (Lipinski definition) is 4. The van der Waals surface area contributed by atoms with Crippen molar-refractivity contribution in [1.29, 1.82) is 0 Å². The largest absolute Gasteiger partial charge is 0.392 e. The lowest BCUT2D eigenvalue weighted by molar-refractivity contribution is 0.281. The Morgan fingerprint density at radius 3 is 2.89 bits per heavy atom. The van der Waals surface area contributed by atoms with Crippen molar-refractivity contribution in [1.82, 2.24) is 4.98 Å². The molecule has 0 spiro atoms. The van der Waals surface area contributed by atoms with Gasteiger partial charge in [0.05, 0.1) is 19.3 Å². The number of pyridine rings is 1. The molecule has 0 bridgehead atoms. The molecule has 18 heavy (non-hydrogen) atoms. The summed E-state index contributed by atoms with van der Waals surface area (Å²) in [7, 11) is 1.87. The van der Waals surface area contributed by atoms with Crippen molar-refractivity contribution in [3.8, 4) is 0 Å². The van der Waals surface area contributed by atoms with E-state index < -0.39 is 5.82 Å². The Labute approximate surface area is 117 Å². The molecule has 2 aromatic heterocycles. The molecule has 96 valence electrons. The van der Waals surface area contributed by atoms with E-state index in [-0.39, 0.29) is 6.61 Å². The van der Waals surface area contributed by atoms with Gasteiger partial charge in [-0.3, -0.25) is 0 Å². The molecule has 2 aromatic rings. The molecule has 0 aliphatic heterocycles. The highest BCUT2D eigenvalue weighted by atomic mass is 79.9. The fraction of sp³-hybridized carbons (Fsp3) is 0.250. The van der Waals surface area contributed by atoms with E-state index in [1.807, 2.05) is 23.4 Å². The minimum absolute atomic E-state index is 0.224. The summed E-state index contributed by atoms with van der Waals surface area (Å²) in [6, 6.07) is 3.34. The van der Waals surface area contributed by atoms with E-state index in [4.69, 9.17) is 0 Å².